The Morgan fingerprint density at radius 1 is 1.50 bits per heavy atom. The lowest BCUT2D eigenvalue weighted by Crippen LogP contribution is -2.29. The van der Waals surface area contributed by atoms with Crippen molar-refractivity contribution in [2.75, 3.05) is 7.05 Å². The van der Waals surface area contributed by atoms with Crippen LogP contribution in [0.4, 0.5) is 0 Å². The number of aromatic nitrogens is 2. The van der Waals surface area contributed by atoms with Gasteiger partial charge in [-0.2, -0.15) is 5.10 Å². The van der Waals surface area contributed by atoms with Crippen LogP contribution in [0.3, 0.4) is 0 Å². The lowest BCUT2D eigenvalue weighted by Gasteiger charge is -2.16. The van der Waals surface area contributed by atoms with Crippen LogP contribution >= 0.6 is 11.6 Å². The summed E-state index contributed by atoms with van der Waals surface area (Å²) in [5, 5.41) is 8.62. The summed E-state index contributed by atoms with van der Waals surface area (Å²) in [6.07, 6.45) is 4.53. The number of hydrogen-bond acceptors (Lipinski definition) is 3. The van der Waals surface area contributed by atoms with Gasteiger partial charge in [0.25, 0.3) is 0 Å². The number of halogens is 1. The van der Waals surface area contributed by atoms with Gasteiger partial charge >= 0.3 is 0 Å². The first-order valence-electron chi connectivity index (χ1n) is 7.07. The van der Waals surface area contributed by atoms with Gasteiger partial charge in [0.05, 0.1) is 22.7 Å². The highest BCUT2D eigenvalue weighted by Crippen LogP contribution is 2.22. The molecule has 4 nitrogen and oxygen atoms in total. The Balaban J connectivity index is 2.02. The van der Waals surface area contributed by atoms with Crippen molar-refractivity contribution >= 4 is 11.6 Å². The third kappa shape index (κ3) is 3.44. The normalized spacial score (nSPS) is 12.8. The maximum atomic E-state index is 6.36. The summed E-state index contributed by atoms with van der Waals surface area (Å²) in [7, 11) is 1.99. The van der Waals surface area contributed by atoms with Crippen molar-refractivity contribution in [3.8, 4) is 0 Å². The molecule has 2 rings (SSSR count). The van der Waals surface area contributed by atoms with Gasteiger partial charge in [0.2, 0.25) is 0 Å². The minimum atomic E-state index is 0.360. The number of nitrogens with one attached hydrogen (secondary N) is 1. The summed E-state index contributed by atoms with van der Waals surface area (Å²) in [6, 6.07) is 4.30. The second-order valence-corrected chi connectivity index (χ2v) is 5.35. The van der Waals surface area contributed by atoms with E-state index in [9.17, 15) is 0 Å². The van der Waals surface area contributed by atoms with Crippen LogP contribution in [0, 0.1) is 6.92 Å². The summed E-state index contributed by atoms with van der Waals surface area (Å²) in [6.45, 7) is 4.89. The standard InChI is InChI=1S/C15H22ClN3O/c1-4-19-14(15(16)11(2)18-19)10-12(17-3)7-8-13-6-5-9-20-13/h5-6,9,12,17H,4,7-8,10H2,1-3H3. The number of aryl methyl sites for hydroxylation is 3. The summed E-state index contributed by atoms with van der Waals surface area (Å²) >= 11 is 6.36. The summed E-state index contributed by atoms with van der Waals surface area (Å²) < 4.78 is 7.37. The van der Waals surface area contributed by atoms with Crippen LogP contribution in [0.15, 0.2) is 22.8 Å². The monoisotopic (exact) mass is 295 g/mol. The van der Waals surface area contributed by atoms with Gasteiger partial charge in [-0.3, -0.25) is 4.68 Å². The minimum absolute atomic E-state index is 0.360. The summed E-state index contributed by atoms with van der Waals surface area (Å²) in [5.41, 5.74) is 2.02. The van der Waals surface area contributed by atoms with Gasteiger partial charge in [0.15, 0.2) is 0 Å². The van der Waals surface area contributed by atoms with Gasteiger partial charge in [0, 0.05) is 25.4 Å². The highest BCUT2D eigenvalue weighted by atomic mass is 35.5. The largest absolute Gasteiger partial charge is 0.469 e. The first kappa shape index (κ1) is 15.1. The van der Waals surface area contributed by atoms with Crippen LogP contribution in [-0.2, 0) is 19.4 Å². The minimum Gasteiger partial charge on any atom is -0.469 e. The predicted octanol–water partition coefficient (Wildman–Crippen LogP) is 3.22. The molecular formula is C15H22ClN3O. The molecule has 0 radical (unpaired) electrons. The Hall–Kier alpha value is -1.26. The molecule has 110 valence electrons. The fourth-order valence-corrected chi connectivity index (χ4v) is 2.63. The Labute approximate surface area is 125 Å². The quantitative estimate of drug-likeness (QED) is 0.853. The van der Waals surface area contributed by atoms with Crippen molar-refractivity contribution in [3.63, 3.8) is 0 Å². The Morgan fingerprint density at radius 3 is 2.90 bits per heavy atom. The van der Waals surface area contributed by atoms with E-state index in [4.69, 9.17) is 16.0 Å². The molecule has 0 aliphatic carbocycles. The molecule has 0 spiro atoms. The molecule has 1 N–H and O–H groups in total. The molecule has 0 bridgehead atoms. The maximum Gasteiger partial charge on any atom is 0.103 e. The molecule has 5 heteroatoms. The van der Waals surface area contributed by atoms with E-state index in [1.165, 1.54) is 0 Å². The maximum absolute atomic E-state index is 6.36. The Kier molecular flexibility index (Phi) is 5.26. The average molecular weight is 296 g/mol. The van der Waals surface area contributed by atoms with E-state index in [2.05, 4.69) is 17.3 Å². The lowest BCUT2D eigenvalue weighted by molar-refractivity contribution is 0.451. The van der Waals surface area contributed by atoms with Crippen LogP contribution < -0.4 is 5.32 Å². The van der Waals surface area contributed by atoms with Gasteiger partial charge in [0.1, 0.15) is 5.76 Å². The van der Waals surface area contributed by atoms with E-state index >= 15 is 0 Å². The van der Waals surface area contributed by atoms with Crippen LogP contribution in [0.25, 0.3) is 0 Å². The SMILES string of the molecule is CCn1nc(C)c(Cl)c1CC(CCc1ccco1)NC. The first-order valence-corrected chi connectivity index (χ1v) is 7.44. The van der Waals surface area contributed by atoms with Crippen LogP contribution in [0.5, 0.6) is 0 Å². The lowest BCUT2D eigenvalue weighted by atomic mass is 10.0. The van der Waals surface area contributed by atoms with Crippen LogP contribution in [0.1, 0.15) is 30.5 Å². The fourth-order valence-electron chi connectivity index (χ4n) is 2.42. The molecule has 1 atom stereocenters. The van der Waals surface area contributed by atoms with Gasteiger partial charge in [-0.25, -0.2) is 0 Å². The highest BCUT2D eigenvalue weighted by Gasteiger charge is 2.17. The van der Waals surface area contributed by atoms with Crippen LogP contribution in [-0.4, -0.2) is 22.9 Å². The van der Waals surface area contributed by atoms with Crippen molar-refractivity contribution in [3.05, 3.63) is 40.6 Å². The zero-order valence-corrected chi connectivity index (χ0v) is 13.1. The summed E-state index contributed by atoms with van der Waals surface area (Å²) in [4.78, 5) is 0. The van der Waals surface area contributed by atoms with Crippen molar-refractivity contribution in [1.29, 1.82) is 0 Å². The third-order valence-electron chi connectivity index (χ3n) is 3.62. The van der Waals surface area contributed by atoms with E-state index < -0.39 is 0 Å². The van der Waals surface area contributed by atoms with E-state index in [0.29, 0.717) is 6.04 Å². The number of hydrogen-bond donors (Lipinski definition) is 1. The number of furan rings is 1. The molecule has 2 aromatic rings. The number of nitrogens with zero attached hydrogens (tertiary/aromatic N) is 2. The second kappa shape index (κ2) is 6.95. The molecular weight excluding hydrogens is 274 g/mol. The zero-order valence-electron chi connectivity index (χ0n) is 12.3. The Bertz CT molecular complexity index is 534. The zero-order chi connectivity index (χ0) is 14.5. The van der Waals surface area contributed by atoms with Crippen LogP contribution in [0.2, 0.25) is 5.02 Å². The molecule has 2 heterocycles. The van der Waals surface area contributed by atoms with Gasteiger partial charge < -0.3 is 9.73 Å². The van der Waals surface area contributed by atoms with E-state index in [0.717, 1.165) is 48.0 Å². The van der Waals surface area contributed by atoms with Gasteiger partial charge in [-0.05, 0) is 39.4 Å². The van der Waals surface area contributed by atoms with Gasteiger partial charge in [-0.1, -0.05) is 11.6 Å². The molecule has 0 saturated heterocycles. The molecule has 0 aliphatic heterocycles. The molecule has 1 unspecified atom stereocenters. The van der Waals surface area contributed by atoms with E-state index in [-0.39, 0.29) is 0 Å². The molecule has 0 amide bonds. The van der Waals surface area contributed by atoms with Crippen molar-refractivity contribution < 1.29 is 4.42 Å². The van der Waals surface area contributed by atoms with Gasteiger partial charge in [-0.15, -0.1) is 0 Å². The molecule has 2 aromatic heterocycles. The van der Waals surface area contributed by atoms with E-state index in [1.807, 2.05) is 30.8 Å². The van der Waals surface area contributed by atoms with Crippen molar-refractivity contribution in [1.82, 2.24) is 15.1 Å². The third-order valence-corrected chi connectivity index (χ3v) is 4.11. The van der Waals surface area contributed by atoms with Crippen molar-refractivity contribution in [2.24, 2.45) is 0 Å². The number of rotatable bonds is 7. The first-order chi connectivity index (χ1) is 9.65. The fraction of sp³-hybridized carbons (Fsp3) is 0.533. The second-order valence-electron chi connectivity index (χ2n) is 4.97. The molecule has 0 saturated carbocycles. The predicted molar refractivity (Wildman–Crippen MR) is 81.2 cm³/mol. The molecule has 0 aromatic carbocycles. The molecule has 20 heavy (non-hydrogen) atoms. The van der Waals surface area contributed by atoms with E-state index in [1.54, 1.807) is 6.26 Å². The summed E-state index contributed by atoms with van der Waals surface area (Å²) in [5.74, 6) is 1.02. The number of likely N-dealkylation sites (N-methyl/N-ethyl adjacent to an activating group) is 1. The molecule has 0 aliphatic rings. The smallest absolute Gasteiger partial charge is 0.103 e. The topological polar surface area (TPSA) is 43.0 Å². The molecule has 0 fully saturated rings. The average Bonchev–Trinajstić information content (AvgIpc) is 3.06. The van der Waals surface area contributed by atoms with Crippen molar-refractivity contribution in [2.45, 2.75) is 45.7 Å². The Morgan fingerprint density at radius 2 is 2.30 bits per heavy atom. The highest BCUT2D eigenvalue weighted by molar-refractivity contribution is 6.31.